The molecule has 0 spiro atoms. The first-order chi connectivity index (χ1) is 15.6. The Hall–Kier alpha value is -3.23. The molecule has 0 heterocycles. The SMILES string of the molecule is COc1ccc(OC)c([C@H](C)NC(=O)c2ccc(Cl)c(S(=O)(=O)Nc3ccc(C)cc3)c2)c1. The fourth-order valence-corrected chi connectivity index (χ4v) is 4.80. The molecule has 0 aliphatic rings. The fourth-order valence-electron chi connectivity index (χ4n) is 3.22. The van der Waals surface area contributed by atoms with E-state index < -0.39 is 22.0 Å². The van der Waals surface area contributed by atoms with Gasteiger partial charge in [-0.1, -0.05) is 29.3 Å². The van der Waals surface area contributed by atoms with E-state index in [1.165, 1.54) is 25.3 Å². The van der Waals surface area contributed by atoms with Crippen molar-refractivity contribution in [1.29, 1.82) is 0 Å². The van der Waals surface area contributed by atoms with Gasteiger partial charge in [0.2, 0.25) is 0 Å². The predicted octanol–water partition coefficient (Wildman–Crippen LogP) is 4.96. The monoisotopic (exact) mass is 488 g/mol. The Morgan fingerprint density at radius 2 is 1.67 bits per heavy atom. The van der Waals surface area contributed by atoms with Crippen molar-refractivity contribution in [2.75, 3.05) is 18.9 Å². The number of rotatable bonds is 8. The van der Waals surface area contributed by atoms with Gasteiger partial charge in [-0.2, -0.15) is 0 Å². The van der Waals surface area contributed by atoms with Gasteiger partial charge >= 0.3 is 0 Å². The standard InChI is InChI=1S/C24H25ClN2O5S/c1-15-5-8-18(9-6-15)27-33(29,30)23-13-17(7-11-21(23)25)24(28)26-16(2)20-14-19(31-3)10-12-22(20)32-4/h5-14,16,27H,1-4H3,(H,26,28)/t16-/m0/s1. The summed E-state index contributed by atoms with van der Waals surface area (Å²) < 4.78 is 39.0. The number of hydrogen-bond donors (Lipinski definition) is 2. The molecule has 9 heteroatoms. The molecule has 7 nitrogen and oxygen atoms in total. The van der Waals surface area contributed by atoms with Gasteiger partial charge in [0.05, 0.1) is 25.3 Å². The molecule has 0 fully saturated rings. The summed E-state index contributed by atoms with van der Waals surface area (Å²) >= 11 is 6.17. The molecule has 0 aliphatic carbocycles. The number of anilines is 1. The molecule has 174 valence electrons. The summed E-state index contributed by atoms with van der Waals surface area (Å²) in [5.74, 6) is 0.745. The molecular weight excluding hydrogens is 464 g/mol. The lowest BCUT2D eigenvalue weighted by atomic mass is 10.1. The number of ether oxygens (including phenoxy) is 2. The zero-order valence-corrected chi connectivity index (χ0v) is 20.3. The quantitative estimate of drug-likeness (QED) is 0.467. The molecule has 0 aromatic heterocycles. The number of benzene rings is 3. The molecule has 0 bridgehead atoms. The summed E-state index contributed by atoms with van der Waals surface area (Å²) in [6, 6.07) is 15.8. The van der Waals surface area contributed by atoms with E-state index in [4.69, 9.17) is 21.1 Å². The first-order valence-corrected chi connectivity index (χ1v) is 11.9. The number of halogens is 1. The van der Waals surface area contributed by atoms with E-state index in [0.29, 0.717) is 22.7 Å². The Kier molecular flexibility index (Phi) is 7.50. The average molecular weight is 489 g/mol. The molecule has 3 aromatic rings. The van der Waals surface area contributed by atoms with Gasteiger partial charge in [0.1, 0.15) is 16.4 Å². The van der Waals surface area contributed by atoms with Gasteiger partial charge in [-0.15, -0.1) is 0 Å². The van der Waals surface area contributed by atoms with Crippen molar-refractivity contribution in [3.8, 4) is 11.5 Å². The van der Waals surface area contributed by atoms with Gasteiger partial charge in [0, 0.05) is 16.8 Å². The van der Waals surface area contributed by atoms with E-state index in [0.717, 1.165) is 5.56 Å². The zero-order valence-electron chi connectivity index (χ0n) is 18.7. The smallest absolute Gasteiger partial charge is 0.263 e. The lowest BCUT2D eigenvalue weighted by Crippen LogP contribution is -2.27. The minimum Gasteiger partial charge on any atom is -0.497 e. The summed E-state index contributed by atoms with van der Waals surface area (Å²) in [6.45, 7) is 3.70. The number of carbonyl (C=O) groups is 1. The summed E-state index contributed by atoms with van der Waals surface area (Å²) in [6.07, 6.45) is 0. The molecular formula is C24H25ClN2O5S. The van der Waals surface area contributed by atoms with Crippen LogP contribution in [0.2, 0.25) is 5.02 Å². The molecule has 0 saturated carbocycles. The highest BCUT2D eigenvalue weighted by atomic mass is 35.5. The largest absolute Gasteiger partial charge is 0.497 e. The first kappa shape index (κ1) is 24.4. The lowest BCUT2D eigenvalue weighted by molar-refractivity contribution is 0.0939. The molecule has 1 amide bonds. The maximum Gasteiger partial charge on any atom is 0.263 e. The second kappa shape index (κ2) is 10.1. The fraction of sp³-hybridized carbons (Fsp3) is 0.208. The average Bonchev–Trinajstić information content (AvgIpc) is 2.80. The summed E-state index contributed by atoms with van der Waals surface area (Å²) in [5.41, 5.74) is 2.26. The van der Waals surface area contributed by atoms with Crippen LogP contribution in [0.1, 0.15) is 34.5 Å². The van der Waals surface area contributed by atoms with E-state index in [-0.39, 0.29) is 15.5 Å². The topological polar surface area (TPSA) is 93.7 Å². The van der Waals surface area contributed by atoms with Crippen LogP contribution in [0.4, 0.5) is 5.69 Å². The number of carbonyl (C=O) groups excluding carboxylic acids is 1. The van der Waals surface area contributed by atoms with Crippen LogP contribution < -0.4 is 19.5 Å². The molecule has 1 atom stereocenters. The van der Waals surface area contributed by atoms with Crippen LogP contribution in [0.25, 0.3) is 0 Å². The Balaban J connectivity index is 1.85. The molecule has 3 rings (SSSR count). The van der Waals surface area contributed by atoms with Crippen molar-refractivity contribution in [3.63, 3.8) is 0 Å². The van der Waals surface area contributed by atoms with Crippen molar-refractivity contribution in [2.24, 2.45) is 0 Å². The van der Waals surface area contributed by atoms with Crippen molar-refractivity contribution in [1.82, 2.24) is 5.32 Å². The molecule has 0 unspecified atom stereocenters. The van der Waals surface area contributed by atoms with Crippen molar-refractivity contribution >= 4 is 33.2 Å². The lowest BCUT2D eigenvalue weighted by Gasteiger charge is -2.18. The normalized spacial score (nSPS) is 12.0. The number of amides is 1. The van der Waals surface area contributed by atoms with Crippen LogP contribution in [0.15, 0.2) is 65.6 Å². The van der Waals surface area contributed by atoms with Crippen LogP contribution >= 0.6 is 11.6 Å². The van der Waals surface area contributed by atoms with Gasteiger partial charge in [-0.05, 0) is 62.4 Å². The Morgan fingerprint density at radius 1 is 0.970 bits per heavy atom. The van der Waals surface area contributed by atoms with Crippen molar-refractivity contribution in [2.45, 2.75) is 24.8 Å². The summed E-state index contributed by atoms with van der Waals surface area (Å²) in [5, 5.41) is 2.87. The number of methoxy groups -OCH3 is 2. The maximum absolute atomic E-state index is 12.9. The third-order valence-electron chi connectivity index (χ3n) is 5.04. The predicted molar refractivity (Wildman–Crippen MR) is 129 cm³/mol. The van der Waals surface area contributed by atoms with Gasteiger partial charge < -0.3 is 14.8 Å². The van der Waals surface area contributed by atoms with E-state index in [9.17, 15) is 13.2 Å². The van der Waals surface area contributed by atoms with Crippen LogP contribution in [-0.2, 0) is 10.0 Å². The Bertz CT molecular complexity index is 1260. The highest BCUT2D eigenvalue weighted by Crippen LogP contribution is 2.30. The minimum atomic E-state index is -4.01. The van der Waals surface area contributed by atoms with E-state index in [2.05, 4.69) is 10.0 Å². The van der Waals surface area contributed by atoms with E-state index >= 15 is 0 Å². The van der Waals surface area contributed by atoms with Gasteiger partial charge in [0.15, 0.2) is 0 Å². The van der Waals surface area contributed by atoms with Crippen LogP contribution in [0.5, 0.6) is 11.5 Å². The summed E-state index contributed by atoms with van der Waals surface area (Å²) in [7, 11) is -0.922. The Morgan fingerprint density at radius 3 is 2.30 bits per heavy atom. The zero-order chi connectivity index (χ0) is 24.2. The van der Waals surface area contributed by atoms with Crippen LogP contribution in [0.3, 0.4) is 0 Å². The maximum atomic E-state index is 12.9. The van der Waals surface area contributed by atoms with Crippen LogP contribution in [0, 0.1) is 6.92 Å². The Labute approximate surface area is 198 Å². The molecule has 0 radical (unpaired) electrons. The van der Waals surface area contributed by atoms with E-state index in [1.54, 1.807) is 56.5 Å². The number of sulfonamides is 1. The number of hydrogen-bond acceptors (Lipinski definition) is 5. The molecule has 3 aromatic carbocycles. The third kappa shape index (κ3) is 5.77. The summed E-state index contributed by atoms with van der Waals surface area (Å²) in [4.78, 5) is 12.7. The van der Waals surface area contributed by atoms with Crippen molar-refractivity contribution < 1.29 is 22.7 Å². The third-order valence-corrected chi connectivity index (χ3v) is 6.90. The second-order valence-corrected chi connectivity index (χ2v) is 9.48. The number of nitrogens with one attached hydrogen (secondary N) is 2. The van der Waals surface area contributed by atoms with Crippen molar-refractivity contribution in [3.05, 3.63) is 82.4 Å². The first-order valence-electron chi connectivity index (χ1n) is 10.1. The molecule has 0 saturated heterocycles. The van der Waals surface area contributed by atoms with Gasteiger partial charge in [-0.25, -0.2) is 8.42 Å². The second-order valence-electron chi connectivity index (χ2n) is 7.42. The molecule has 33 heavy (non-hydrogen) atoms. The van der Waals surface area contributed by atoms with Gasteiger partial charge in [-0.3, -0.25) is 9.52 Å². The molecule has 2 N–H and O–H groups in total. The highest BCUT2D eigenvalue weighted by molar-refractivity contribution is 7.92. The molecule has 0 aliphatic heterocycles. The minimum absolute atomic E-state index is 0.00803. The van der Waals surface area contributed by atoms with E-state index in [1.807, 2.05) is 6.92 Å². The number of aryl methyl sites for hydroxylation is 1. The highest BCUT2D eigenvalue weighted by Gasteiger charge is 2.22. The van der Waals surface area contributed by atoms with Gasteiger partial charge in [0.25, 0.3) is 15.9 Å². The van der Waals surface area contributed by atoms with Crippen LogP contribution in [-0.4, -0.2) is 28.5 Å².